The summed E-state index contributed by atoms with van der Waals surface area (Å²) in [7, 11) is 1.27. The highest BCUT2D eigenvalue weighted by molar-refractivity contribution is 9.11. The van der Waals surface area contributed by atoms with Crippen molar-refractivity contribution in [3.8, 4) is 17.2 Å². The molecule has 0 bridgehead atoms. The van der Waals surface area contributed by atoms with E-state index in [0.717, 1.165) is 11.1 Å². The SMILES string of the molecule is CCOc1cc([C@H]2NC(=O)NC(C)=C2C(=O)OC)ccc1OC[C@@H](O)N/N=C\c1cc(Br)c(OCc2ccc(Cl)c(Cl)c2)c(Br)c1. The average molecular weight is 801 g/mol. The number of nitrogens with one attached hydrogen (secondary N) is 3. The van der Waals surface area contributed by atoms with Crippen molar-refractivity contribution in [2.24, 2.45) is 5.10 Å². The van der Waals surface area contributed by atoms with Gasteiger partial charge in [-0.25, -0.2) is 9.59 Å². The Morgan fingerprint density at radius 1 is 1.07 bits per heavy atom. The van der Waals surface area contributed by atoms with E-state index in [1.54, 1.807) is 37.3 Å². The lowest BCUT2D eigenvalue weighted by molar-refractivity contribution is -0.136. The number of aliphatic hydroxyl groups is 1. The van der Waals surface area contributed by atoms with E-state index in [1.807, 2.05) is 25.1 Å². The van der Waals surface area contributed by atoms with Crippen molar-refractivity contribution < 1.29 is 33.6 Å². The first-order valence-electron chi connectivity index (χ1n) is 13.8. The van der Waals surface area contributed by atoms with E-state index in [-0.39, 0.29) is 18.8 Å². The zero-order valence-electron chi connectivity index (χ0n) is 24.8. The standard InChI is InChI=1S/C31H30Br2Cl2N4O7/c1-4-44-25-12-19(28-27(30(41)43-3)16(2)37-31(42)38-28)6-8-24(25)45-15-26(40)39-36-13-18-9-20(32)29(21(33)10-18)46-14-17-5-7-22(34)23(35)11-17/h5-13,26,28,39-40H,4,14-15H2,1-3H3,(H2,37,38,42)/b36-13-/t26-,28-/m1/s1. The summed E-state index contributed by atoms with van der Waals surface area (Å²) >= 11 is 19.1. The van der Waals surface area contributed by atoms with E-state index >= 15 is 0 Å². The number of hydrogen-bond donors (Lipinski definition) is 4. The Morgan fingerprint density at radius 3 is 2.48 bits per heavy atom. The van der Waals surface area contributed by atoms with Gasteiger partial charge in [-0.2, -0.15) is 5.10 Å². The largest absolute Gasteiger partial charge is 0.490 e. The van der Waals surface area contributed by atoms with Crippen LogP contribution >= 0.6 is 55.1 Å². The predicted molar refractivity (Wildman–Crippen MR) is 182 cm³/mol. The van der Waals surface area contributed by atoms with Gasteiger partial charge in [-0.3, -0.25) is 5.43 Å². The van der Waals surface area contributed by atoms with Crippen LogP contribution in [0.1, 0.15) is 36.6 Å². The van der Waals surface area contributed by atoms with Gasteiger partial charge in [-0.15, -0.1) is 0 Å². The number of ether oxygens (including phenoxy) is 4. The van der Waals surface area contributed by atoms with Crippen molar-refractivity contribution in [1.29, 1.82) is 0 Å². The van der Waals surface area contributed by atoms with Crippen LogP contribution in [0.3, 0.4) is 0 Å². The van der Waals surface area contributed by atoms with Crippen LogP contribution in [-0.4, -0.2) is 49.9 Å². The van der Waals surface area contributed by atoms with Crippen LogP contribution < -0.4 is 30.3 Å². The lowest BCUT2D eigenvalue weighted by Gasteiger charge is -2.28. The number of hydrazone groups is 1. The second-order valence-electron chi connectivity index (χ2n) is 9.77. The maximum absolute atomic E-state index is 12.5. The molecular formula is C31H30Br2Cl2N4O7. The fourth-order valence-electron chi connectivity index (χ4n) is 4.40. The second kappa shape index (κ2) is 16.4. The summed E-state index contributed by atoms with van der Waals surface area (Å²) in [5, 5.41) is 20.8. The molecule has 1 aliphatic heterocycles. The molecule has 0 radical (unpaired) electrons. The number of benzene rings is 3. The number of rotatable bonds is 13. The van der Waals surface area contributed by atoms with Gasteiger partial charge in [-0.05, 0) is 98.8 Å². The first-order chi connectivity index (χ1) is 22.0. The van der Waals surface area contributed by atoms with Crippen molar-refractivity contribution in [1.82, 2.24) is 16.1 Å². The smallest absolute Gasteiger partial charge is 0.337 e. The number of halogens is 4. The minimum Gasteiger partial charge on any atom is -0.490 e. The van der Waals surface area contributed by atoms with Gasteiger partial charge in [0.25, 0.3) is 0 Å². The molecule has 0 unspecified atom stereocenters. The molecule has 4 rings (SSSR count). The van der Waals surface area contributed by atoms with Crippen LogP contribution in [0, 0.1) is 0 Å². The molecule has 0 fully saturated rings. The lowest BCUT2D eigenvalue weighted by Crippen LogP contribution is -2.45. The monoisotopic (exact) mass is 798 g/mol. The number of urea groups is 1. The summed E-state index contributed by atoms with van der Waals surface area (Å²) in [4.78, 5) is 24.6. The number of carbonyl (C=O) groups excluding carboxylic acids is 2. The summed E-state index contributed by atoms with van der Waals surface area (Å²) in [5.41, 5.74) is 5.43. The molecule has 0 spiro atoms. The van der Waals surface area contributed by atoms with E-state index in [9.17, 15) is 14.7 Å². The van der Waals surface area contributed by atoms with Crippen LogP contribution in [0.5, 0.6) is 17.2 Å². The third kappa shape index (κ3) is 9.07. The minimum atomic E-state index is -1.16. The average Bonchev–Trinajstić information content (AvgIpc) is 3.01. The Hall–Kier alpha value is -3.49. The molecule has 0 aliphatic carbocycles. The van der Waals surface area contributed by atoms with Gasteiger partial charge < -0.3 is 34.7 Å². The third-order valence-corrected chi connectivity index (χ3v) is 8.41. The van der Waals surface area contributed by atoms with E-state index in [0.29, 0.717) is 54.1 Å². The summed E-state index contributed by atoms with van der Waals surface area (Å²) in [6, 6.07) is 12.7. The molecule has 4 N–H and O–H groups in total. The Morgan fingerprint density at radius 2 is 1.80 bits per heavy atom. The highest BCUT2D eigenvalue weighted by atomic mass is 79.9. The highest BCUT2D eigenvalue weighted by Gasteiger charge is 2.32. The topological polar surface area (TPSA) is 140 Å². The zero-order valence-corrected chi connectivity index (χ0v) is 29.5. The molecular weight excluding hydrogens is 771 g/mol. The Labute approximate surface area is 292 Å². The Kier molecular flexibility index (Phi) is 12.6. The summed E-state index contributed by atoms with van der Waals surface area (Å²) in [6.07, 6.45) is 0.371. The van der Waals surface area contributed by atoms with E-state index in [2.05, 4.69) is 53.0 Å². The number of carbonyl (C=O) groups is 2. The molecule has 2 amide bonds. The first-order valence-corrected chi connectivity index (χ1v) is 16.1. The van der Waals surface area contributed by atoms with Crippen LogP contribution in [0.25, 0.3) is 0 Å². The van der Waals surface area contributed by atoms with Crippen LogP contribution in [0.2, 0.25) is 10.0 Å². The van der Waals surface area contributed by atoms with Crippen molar-refractivity contribution >= 4 is 73.3 Å². The molecule has 3 aromatic rings. The summed E-state index contributed by atoms with van der Waals surface area (Å²) in [6.45, 7) is 3.87. The molecule has 244 valence electrons. The zero-order chi connectivity index (χ0) is 33.4. The number of esters is 1. The molecule has 46 heavy (non-hydrogen) atoms. The van der Waals surface area contributed by atoms with Gasteiger partial charge in [-0.1, -0.05) is 35.3 Å². The van der Waals surface area contributed by atoms with Crippen molar-refractivity contribution in [2.75, 3.05) is 20.3 Å². The molecule has 0 aromatic heterocycles. The van der Waals surface area contributed by atoms with Crippen molar-refractivity contribution in [3.05, 3.63) is 95.5 Å². The van der Waals surface area contributed by atoms with Gasteiger partial charge >= 0.3 is 12.0 Å². The van der Waals surface area contributed by atoms with Gasteiger partial charge in [0.15, 0.2) is 17.7 Å². The molecule has 11 nitrogen and oxygen atoms in total. The summed E-state index contributed by atoms with van der Waals surface area (Å²) < 4.78 is 23.8. The third-order valence-electron chi connectivity index (χ3n) is 6.50. The molecule has 1 aliphatic rings. The molecule has 1 heterocycles. The number of methoxy groups -OCH3 is 1. The number of hydrogen-bond acceptors (Lipinski definition) is 9. The normalized spacial score (nSPS) is 15.2. The van der Waals surface area contributed by atoms with Crippen molar-refractivity contribution in [2.45, 2.75) is 32.7 Å². The molecule has 0 saturated heterocycles. The molecule has 3 aromatic carbocycles. The lowest BCUT2D eigenvalue weighted by atomic mass is 9.95. The van der Waals surface area contributed by atoms with E-state index < -0.39 is 24.3 Å². The van der Waals surface area contributed by atoms with E-state index in [1.165, 1.54) is 13.3 Å². The van der Waals surface area contributed by atoms with Crippen molar-refractivity contribution in [3.63, 3.8) is 0 Å². The quantitative estimate of drug-likeness (QED) is 0.0656. The fourth-order valence-corrected chi connectivity index (χ4v) is 6.17. The summed E-state index contributed by atoms with van der Waals surface area (Å²) in [5.74, 6) is 0.727. The van der Waals surface area contributed by atoms with Gasteiger partial charge in [0.2, 0.25) is 0 Å². The Bertz CT molecular complexity index is 1650. The highest BCUT2D eigenvalue weighted by Crippen LogP contribution is 2.36. The van der Waals surface area contributed by atoms with Gasteiger partial charge in [0, 0.05) is 5.70 Å². The van der Waals surface area contributed by atoms with Gasteiger partial charge in [0.05, 0.1) is 50.5 Å². The van der Waals surface area contributed by atoms with Crippen LogP contribution in [-0.2, 0) is 16.1 Å². The minimum absolute atomic E-state index is 0.165. The fraction of sp³-hybridized carbons (Fsp3) is 0.258. The Balaban J connectivity index is 1.37. The van der Waals surface area contributed by atoms with Gasteiger partial charge in [0.1, 0.15) is 19.0 Å². The maximum Gasteiger partial charge on any atom is 0.337 e. The second-order valence-corrected chi connectivity index (χ2v) is 12.3. The predicted octanol–water partition coefficient (Wildman–Crippen LogP) is 6.62. The molecule has 0 saturated carbocycles. The molecule has 2 atom stereocenters. The van der Waals surface area contributed by atoms with E-state index in [4.69, 9.17) is 42.1 Å². The van der Waals surface area contributed by atoms with Crippen LogP contribution in [0.15, 0.2) is 73.8 Å². The molecule has 15 heteroatoms. The van der Waals surface area contributed by atoms with Crippen LogP contribution in [0.4, 0.5) is 4.79 Å². The first kappa shape index (κ1) is 35.4. The number of aliphatic hydroxyl groups excluding tert-OH is 1. The number of nitrogens with zero attached hydrogens (tertiary/aromatic N) is 1. The maximum atomic E-state index is 12.5. The number of allylic oxidation sites excluding steroid dienone is 1. The number of amides is 2.